The maximum atomic E-state index is 12.8. The molecule has 0 saturated heterocycles. The molecule has 1 aliphatic rings. The van der Waals surface area contributed by atoms with Gasteiger partial charge in [-0.15, -0.1) is 17.0 Å². The lowest BCUT2D eigenvalue weighted by atomic mass is 10.1. The van der Waals surface area contributed by atoms with Crippen molar-refractivity contribution in [3.05, 3.63) is 47.8 Å². The first kappa shape index (κ1) is 20.7. The molecule has 1 amide bonds. The molecule has 4 rings (SSSR count). The number of aromatic nitrogens is 2. The number of pyridine rings is 1. The van der Waals surface area contributed by atoms with Gasteiger partial charge in [-0.05, 0) is 36.7 Å². The van der Waals surface area contributed by atoms with Crippen molar-refractivity contribution in [3.63, 3.8) is 0 Å². The quantitative estimate of drug-likeness (QED) is 0.383. The Balaban J connectivity index is 0.00000240. The Morgan fingerprint density at radius 2 is 1.86 bits per heavy atom. The molecule has 1 aliphatic heterocycles. The van der Waals surface area contributed by atoms with Crippen LogP contribution in [-0.2, 0) is 0 Å². The van der Waals surface area contributed by atoms with E-state index in [2.05, 4.69) is 21.4 Å². The summed E-state index contributed by atoms with van der Waals surface area (Å²) in [5, 5.41) is 32.1. The van der Waals surface area contributed by atoms with E-state index in [1.165, 1.54) is 29.7 Å². The molecule has 0 bridgehead atoms. The predicted molar refractivity (Wildman–Crippen MR) is 116 cm³/mol. The SMILES string of the molecule is Br.CN(C(=O)c1cc2nc(C3=CCNCC3)ccc2[nH]1)c1cc(O)c(O)c(O)c1. The van der Waals surface area contributed by atoms with Crippen molar-refractivity contribution in [2.75, 3.05) is 25.0 Å². The van der Waals surface area contributed by atoms with E-state index in [0.29, 0.717) is 11.2 Å². The largest absolute Gasteiger partial charge is 0.504 e. The number of rotatable bonds is 3. The number of aromatic amines is 1. The molecule has 0 unspecified atom stereocenters. The Labute approximate surface area is 177 Å². The van der Waals surface area contributed by atoms with Gasteiger partial charge in [0.25, 0.3) is 5.91 Å². The van der Waals surface area contributed by atoms with Gasteiger partial charge in [-0.3, -0.25) is 4.79 Å². The first-order valence-electron chi connectivity index (χ1n) is 8.87. The molecule has 0 saturated carbocycles. The van der Waals surface area contributed by atoms with Gasteiger partial charge in [0.1, 0.15) is 5.69 Å². The van der Waals surface area contributed by atoms with E-state index >= 15 is 0 Å². The van der Waals surface area contributed by atoms with Crippen LogP contribution >= 0.6 is 17.0 Å². The smallest absolute Gasteiger partial charge is 0.274 e. The number of fused-ring (bicyclic) bond motifs is 1. The van der Waals surface area contributed by atoms with Gasteiger partial charge in [0.2, 0.25) is 0 Å². The minimum Gasteiger partial charge on any atom is -0.504 e. The van der Waals surface area contributed by atoms with Crippen molar-refractivity contribution in [2.24, 2.45) is 0 Å². The normalized spacial score (nSPS) is 13.6. The summed E-state index contributed by atoms with van der Waals surface area (Å²) < 4.78 is 0. The van der Waals surface area contributed by atoms with Crippen molar-refractivity contribution >= 4 is 45.2 Å². The van der Waals surface area contributed by atoms with Crippen LogP contribution in [0.2, 0.25) is 0 Å². The second kappa shape index (κ2) is 8.14. The highest BCUT2D eigenvalue weighted by Crippen LogP contribution is 2.38. The van der Waals surface area contributed by atoms with E-state index in [9.17, 15) is 20.1 Å². The van der Waals surface area contributed by atoms with Crippen molar-refractivity contribution in [2.45, 2.75) is 6.42 Å². The molecule has 152 valence electrons. The third kappa shape index (κ3) is 3.92. The Morgan fingerprint density at radius 1 is 1.14 bits per heavy atom. The first-order valence-corrected chi connectivity index (χ1v) is 8.87. The molecular weight excluding hydrogens is 440 g/mol. The van der Waals surface area contributed by atoms with Crippen LogP contribution in [0.15, 0.2) is 36.4 Å². The van der Waals surface area contributed by atoms with Crippen LogP contribution in [0.5, 0.6) is 17.2 Å². The summed E-state index contributed by atoms with van der Waals surface area (Å²) in [6.07, 6.45) is 3.03. The summed E-state index contributed by atoms with van der Waals surface area (Å²) in [6.45, 7) is 1.74. The molecule has 3 aromatic rings. The number of halogens is 1. The third-order valence-electron chi connectivity index (χ3n) is 4.84. The van der Waals surface area contributed by atoms with Crippen LogP contribution in [0.3, 0.4) is 0 Å². The number of phenolic OH excluding ortho intramolecular Hbond substituents is 3. The van der Waals surface area contributed by atoms with Gasteiger partial charge in [-0.25, -0.2) is 4.98 Å². The molecule has 0 atom stereocenters. The van der Waals surface area contributed by atoms with Gasteiger partial charge < -0.3 is 30.5 Å². The van der Waals surface area contributed by atoms with Gasteiger partial charge in [-0.2, -0.15) is 0 Å². The van der Waals surface area contributed by atoms with Crippen LogP contribution in [0.25, 0.3) is 16.6 Å². The van der Waals surface area contributed by atoms with Gasteiger partial charge in [0.05, 0.1) is 22.4 Å². The number of carbonyl (C=O) groups excluding carboxylic acids is 1. The van der Waals surface area contributed by atoms with Crippen LogP contribution in [0.4, 0.5) is 5.69 Å². The zero-order chi connectivity index (χ0) is 19.8. The maximum Gasteiger partial charge on any atom is 0.274 e. The zero-order valence-electron chi connectivity index (χ0n) is 15.6. The summed E-state index contributed by atoms with van der Waals surface area (Å²) in [7, 11) is 1.51. The summed E-state index contributed by atoms with van der Waals surface area (Å²) in [5.41, 5.74) is 4.07. The Morgan fingerprint density at radius 3 is 2.52 bits per heavy atom. The number of hydrogen-bond donors (Lipinski definition) is 5. The van der Waals surface area contributed by atoms with Crippen LogP contribution in [-0.4, -0.2) is 51.3 Å². The highest BCUT2D eigenvalue weighted by Gasteiger charge is 2.19. The first-order chi connectivity index (χ1) is 13.4. The lowest BCUT2D eigenvalue weighted by Crippen LogP contribution is -2.26. The highest BCUT2D eigenvalue weighted by molar-refractivity contribution is 8.93. The van der Waals surface area contributed by atoms with Crippen molar-refractivity contribution in [1.29, 1.82) is 0 Å². The Bertz CT molecular complexity index is 1090. The molecular formula is C20H21BrN4O4. The monoisotopic (exact) mass is 460 g/mol. The van der Waals surface area contributed by atoms with E-state index in [1.807, 2.05) is 12.1 Å². The second-order valence-corrected chi connectivity index (χ2v) is 6.69. The van der Waals surface area contributed by atoms with Gasteiger partial charge in [-0.1, -0.05) is 6.08 Å². The number of aromatic hydroxyl groups is 3. The molecule has 2 aromatic heterocycles. The molecule has 9 heteroatoms. The van der Waals surface area contributed by atoms with Crippen LogP contribution in [0, 0.1) is 0 Å². The molecule has 0 spiro atoms. The minimum atomic E-state index is -0.626. The van der Waals surface area contributed by atoms with E-state index < -0.39 is 17.2 Å². The number of nitrogens with one attached hydrogen (secondary N) is 2. The summed E-state index contributed by atoms with van der Waals surface area (Å²) in [4.78, 5) is 21.8. The molecule has 3 heterocycles. The van der Waals surface area contributed by atoms with Gasteiger partial charge >= 0.3 is 0 Å². The molecule has 5 N–H and O–H groups in total. The number of anilines is 1. The average molecular weight is 461 g/mol. The zero-order valence-corrected chi connectivity index (χ0v) is 17.4. The second-order valence-electron chi connectivity index (χ2n) is 6.69. The summed E-state index contributed by atoms with van der Waals surface area (Å²) in [5.74, 6) is -2.01. The van der Waals surface area contributed by atoms with E-state index in [0.717, 1.165) is 30.7 Å². The number of phenols is 3. The fourth-order valence-electron chi connectivity index (χ4n) is 3.24. The van der Waals surface area contributed by atoms with Crippen LogP contribution in [0.1, 0.15) is 22.6 Å². The lowest BCUT2D eigenvalue weighted by molar-refractivity contribution is 0.0989. The molecule has 1 aromatic carbocycles. The van der Waals surface area contributed by atoms with Gasteiger partial charge in [0, 0.05) is 25.7 Å². The predicted octanol–water partition coefficient (Wildman–Crippen LogP) is 2.91. The number of amides is 1. The summed E-state index contributed by atoms with van der Waals surface area (Å²) >= 11 is 0. The maximum absolute atomic E-state index is 12.8. The fraction of sp³-hybridized carbons (Fsp3) is 0.200. The van der Waals surface area contributed by atoms with Gasteiger partial charge in [0.15, 0.2) is 17.2 Å². The van der Waals surface area contributed by atoms with E-state index in [4.69, 9.17) is 0 Å². The minimum absolute atomic E-state index is 0. The molecule has 29 heavy (non-hydrogen) atoms. The molecule has 0 radical (unpaired) electrons. The standard InChI is InChI=1S/C20H20N4O4.BrH/c1-24(12-8-17(25)19(27)18(26)9-12)20(28)16-10-15-14(23-16)3-2-13(22-15)11-4-6-21-7-5-11;/h2-4,8-10,21,23,25-27H,5-7H2,1H3;1H. The number of benzene rings is 1. The summed E-state index contributed by atoms with van der Waals surface area (Å²) in [6, 6.07) is 7.92. The molecule has 0 fully saturated rings. The van der Waals surface area contributed by atoms with Crippen molar-refractivity contribution in [3.8, 4) is 17.2 Å². The molecule has 8 nitrogen and oxygen atoms in total. The van der Waals surface area contributed by atoms with E-state index in [1.54, 1.807) is 6.07 Å². The van der Waals surface area contributed by atoms with Crippen molar-refractivity contribution in [1.82, 2.24) is 15.3 Å². The number of nitrogens with zero attached hydrogens (tertiary/aromatic N) is 2. The number of carbonyl (C=O) groups is 1. The Kier molecular flexibility index (Phi) is 5.81. The Hall–Kier alpha value is -3.04. The van der Waals surface area contributed by atoms with E-state index in [-0.39, 0.29) is 28.6 Å². The van der Waals surface area contributed by atoms with Crippen LogP contribution < -0.4 is 10.2 Å². The fourth-order valence-corrected chi connectivity index (χ4v) is 3.24. The number of H-pyrrole nitrogens is 1. The highest BCUT2D eigenvalue weighted by atomic mass is 79.9. The third-order valence-corrected chi connectivity index (χ3v) is 4.84. The average Bonchev–Trinajstić information content (AvgIpc) is 3.14. The lowest BCUT2D eigenvalue weighted by Gasteiger charge is -2.17. The topological polar surface area (TPSA) is 122 Å². The van der Waals surface area contributed by atoms with Crippen molar-refractivity contribution < 1.29 is 20.1 Å². The number of hydrogen-bond acceptors (Lipinski definition) is 6. The molecule has 0 aliphatic carbocycles.